The minimum absolute atomic E-state index is 0.0958. The molecule has 1 unspecified atom stereocenters. The Balaban J connectivity index is 2.04. The lowest BCUT2D eigenvalue weighted by atomic mass is 10.1. The second-order valence-electron chi connectivity index (χ2n) is 5.66. The van der Waals surface area contributed by atoms with Gasteiger partial charge in [0.15, 0.2) is 0 Å². The number of aromatic nitrogens is 4. The minimum atomic E-state index is -0.0958. The maximum absolute atomic E-state index is 11.7. The second-order valence-corrected chi connectivity index (χ2v) is 5.66. The molecule has 1 fully saturated rings. The Morgan fingerprint density at radius 1 is 1.50 bits per heavy atom. The van der Waals surface area contributed by atoms with Crippen molar-refractivity contribution in [3.05, 3.63) is 34.6 Å². The molecule has 3 rings (SSSR count). The van der Waals surface area contributed by atoms with E-state index in [4.69, 9.17) is 0 Å². The van der Waals surface area contributed by atoms with Crippen LogP contribution in [0.2, 0.25) is 0 Å². The maximum atomic E-state index is 11.7. The number of nitrogens with zero attached hydrogens (tertiary/aromatic N) is 3. The Morgan fingerprint density at radius 2 is 2.22 bits per heavy atom. The van der Waals surface area contributed by atoms with Crippen LogP contribution in [0.15, 0.2) is 23.3 Å². The molecule has 0 spiro atoms. The van der Waals surface area contributed by atoms with Crippen LogP contribution in [0.3, 0.4) is 0 Å². The van der Waals surface area contributed by atoms with Gasteiger partial charge in [-0.2, -0.15) is 5.10 Å². The summed E-state index contributed by atoms with van der Waals surface area (Å²) in [4.78, 5) is 19.1. The SMILES string of the molecule is Cn1cc(-c2cc(=O)[nH]c(C3CC3(C)C)n2)cn1. The van der Waals surface area contributed by atoms with Crippen molar-refractivity contribution in [3.8, 4) is 11.3 Å². The van der Waals surface area contributed by atoms with E-state index >= 15 is 0 Å². The van der Waals surface area contributed by atoms with Gasteiger partial charge in [-0.15, -0.1) is 0 Å². The predicted molar refractivity (Wildman–Crippen MR) is 68.2 cm³/mol. The first-order valence-electron chi connectivity index (χ1n) is 6.06. The van der Waals surface area contributed by atoms with E-state index in [2.05, 4.69) is 28.9 Å². The maximum Gasteiger partial charge on any atom is 0.251 e. The standard InChI is InChI=1S/C13H16N4O/c1-13(2)5-9(13)12-15-10(4-11(18)16-12)8-6-14-17(3)7-8/h4,6-7,9H,5H2,1-3H3,(H,15,16,18). The molecule has 0 aliphatic heterocycles. The first-order chi connectivity index (χ1) is 8.45. The Labute approximate surface area is 105 Å². The zero-order valence-corrected chi connectivity index (χ0v) is 10.8. The lowest BCUT2D eigenvalue weighted by molar-refractivity contribution is 0.607. The van der Waals surface area contributed by atoms with Crippen LogP contribution < -0.4 is 5.56 Å². The fourth-order valence-electron chi connectivity index (χ4n) is 2.28. The molecule has 2 aromatic rings. The summed E-state index contributed by atoms with van der Waals surface area (Å²) in [6.07, 6.45) is 4.67. The zero-order valence-electron chi connectivity index (χ0n) is 10.8. The molecule has 1 saturated carbocycles. The van der Waals surface area contributed by atoms with Gasteiger partial charge in [0.05, 0.1) is 11.9 Å². The molecule has 2 heterocycles. The van der Waals surface area contributed by atoms with Crippen LogP contribution in [0, 0.1) is 5.41 Å². The molecule has 0 bridgehead atoms. The van der Waals surface area contributed by atoms with Crippen molar-refractivity contribution in [3.63, 3.8) is 0 Å². The summed E-state index contributed by atoms with van der Waals surface area (Å²) in [6, 6.07) is 1.52. The van der Waals surface area contributed by atoms with E-state index in [1.165, 1.54) is 6.07 Å². The quantitative estimate of drug-likeness (QED) is 0.874. The molecule has 1 aliphatic rings. The molecule has 5 heteroatoms. The van der Waals surface area contributed by atoms with Crippen LogP contribution in [-0.4, -0.2) is 19.7 Å². The molecular formula is C13H16N4O. The van der Waals surface area contributed by atoms with E-state index in [-0.39, 0.29) is 11.0 Å². The van der Waals surface area contributed by atoms with Crippen molar-refractivity contribution in [2.45, 2.75) is 26.2 Å². The normalized spacial score (nSPS) is 20.9. The van der Waals surface area contributed by atoms with E-state index in [0.717, 1.165) is 17.8 Å². The largest absolute Gasteiger partial charge is 0.310 e. The number of hydrogen-bond donors (Lipinski definition) is 1. The van der Waals surface area contributed by atoms with Gasteiger partial charge in [0.1, 0.15) is 5.82 Å². The van der Waals surface area contributed by atoms with Gasteiger partial charge in [-0.1, -0.05) is 13.8 Å². The van der Waals surface area contributed by atoms with E-state index in [9.17, 15) is 4.79 Å². The Kier molecular flexibility index (Phi) is 2.20. The van der Waals surface area contributed by atoms with Gasteiger partial charge in [-0.3, -0.25) is 9.48 Å². The highest BCUT2D eigenvalue weighted by Gasteiger charge is 2.48. The molecule has 1 N–H and O–H groups in total. The summed E-state index contributed by atoms with van der Waals surface area (Å²) >= 11 is 0. The average molecular weight is 244 g/mol. The summed E-state index contributed by atoms with van der Waals surface area (Å²) in [7, 11) is 1.85. The topological polar surface area (TPSA) is 63.6 Å². The summed E-state index contributed by atoms with van der Waals surface area (Å²) < 4.78 is 1.71. The highest BCUT2D eigenvalue weighted by molar-refractivity contribution is 5.56. The first-order valence-corrected chi connectivity index (χ1v) is 6.06. The van der Waals surface area contributed by atoms with Crippen LogP contribution >= 0.6 is 0 Å². The van der Waals surface area contributed by atoms with E-state index in [0.29, 0.717) is 11.6 Å². The highest BCUT2D eigenvalue weighted by atomic mass is 16.1. The van der Waals surface area contributed by atoms with Gasteiger partial charge < -0.3 is 4.98 Å². The third-order valence-corrected chi connectivity index (χ3v) is 3.60. The van der Waals surface area contributed by atoms with Crippen LogP contribution in [0.4, 0.5) is 0 Å². The van der Waals surface area contributed by atoms with Crippen molar-refractivity contribution in [2.75, 3.05) is 0 Å². The molecule has 1 atom stereocenters. The number of rotatable bonds is 2. The predicted octanol–water partition coefficient (Wildman–Crippen LogP) is 1.68. The molecule has 2 aromatic heterocycles. The molecular weight excluding hydrogens is 228 g/mol. The lowest BCUT2D eigenvalue weighted by Gasteiger charge is -2.04. The molecule has 0 saturated heterocycles. The number of H-pyrrole nitrogens is 1. The molecule has 0 amide bonds. The van der Waals surface area contributed by atoms with E-state index in [1.807, 2.05) is 13.2 Å². The fraction of sp³-hybridized carbons (Fsp3) is 0.462. The molecule has 0 aromatic carbocycles. The Morgan fingerprint density at radius 3 is 2.78 bits per heavy atom. The van der Waals surface area contributed by atoms with Crippen LogP contribution in [0.1, 0.15) is 32.0 Å². The Bertz CT molecular complexity index is 653. The number of hydrogen-bond acceptors (Lipinski definition) is 3. The summed E-state index contributed by atoms with van der Waals surface area (Å²) in [5, 5.41) is 4.11. The van der Waals surface area contributed by atoms with Crippen LogP contribution in [0.5, 0.6) is 0 Å². The average Bonchev–Trinajstić information content (AvgIpc) is 2.71. The smallest absolute Gasteiger partial charge is 0.251 e. The summed E-state index contributed by atoms with van der Waals surface area (Å²) in [6.45, 7) is 4.38. The van der Waals surface area contributed by atoms with Crippen LogP contribution in [-0.2, 0) is 7.05 Å². The van der Waals surface area contributed by atoms with Crippen LogP contribution in [0.25, 0.3) is 11.3 Å². The third-order valence-electron chi connectivity index (χ3n) is 3.60. The highest BCUT2D eigenvalue weighted by Crippen LogP contribution is 2.57. The van der Waals surface area contributed by atoms with Gasteiger partial charge >= 0.3 is 0 Å². The molecule has 5 nitrogen and oxygen atoms in total. The van der Waals surface area contributed by atoms with Gasteiger partial charge in [0.25, 0.3) is 5.56 Å². The van der Waals surface area contributed by atoms with Gasteiger partial charge in [-0.05, 0) is 11.8 Å². The van der Waals surface area contributed by atoms with Crippen molar-refractivity contribution in [1.29, 1.82) is 0 Å². The first kappa shape index (κ1) is 11.2. The van der Waals surface area contributed by atoms with Crippen molar-refractivity contribution in [2.24, 2.45) is 12.5 Å². The van der Waals surface area contributed by atoms with Gasteiger partial charge in [0.2, 0.25) is 0 Å². The molecule has 94 valence electrons. The Hall–Kier alpha value is -1.91. The molecule has 18 heavy (non-hydrogen) atoms. The van der Waals surface area contributed by atoms with E-state index < -0.39 is 0 Å². The summed E-state index contributed by atoms with van der Waals surface area (Å²) in [5.41, 5.74) is 1.73. The molecule has 1 aliphatic carbocycles. The van der Waals surface area contributed by atoms with Crippen molar-refractivity contribution >= 4 is 0 Å². The fourth-order valence-corrected chi connectivity index (χ4v) is 2.28. The minimum Gasteiger partial charge on any atom is -0.310 e. The van der Waals surface area contributed by atoms with Crippen molar-refractivity contribution < 1.29 is 0 Å². The third kappa shape index (κ3) is 1.85. The lowest BCUT2D eigenvalue weighted by Crippen LogP contribution is -2.11. The number of aryl methyl sites for hydroxylation is 1. The number of aromatic amines is 1. The monoisotopic (exact) mass is 244 g/mol. The number of nitrogens with one attached hydrogen (secondary N) is 1. The second kappa shape index (κ2) is 3.54. The summed E-state index contributed by atoms with van der Waals surface area (Å²) in [5.74, 6) is 1.16. The molecule has 0 radical (unpaired) electrons. The zero-order chi connectivity index (χ0) is 12.9. The van der Waals surface area contributed by atoms with Crippen molar-refractivity contribution in [1.82, 2.24) is 19.7 Å². The van der Waals surface area contributed by atoms with Gasteiger partial charge in [-0.25, -0.2) is 4.98 Å². The van der Waals surface area contributed by atoms with E-state index in [1.54, 1.807) is 10.9 Å². The van der Waals surface area contributed by atoms with Gasteiger partial charge in [0, 0.05) is 30.8 Å².